The van der Waals surface area contributed by atoms with E-state index in [2.05, 4.69) is 13.8 Å². The molecule has 0 bridgehead atoms. The minimum atomic E-state index is -1.12. The molecule has 0 aromatic rings. The van der Waals surface area contributed by atoms with Gasteiger partial charge < -0.3 is 28.6 Å². The van der Waals surface area contributed by atoms with Gasteiger partial charge in [0.15, 0.2) is 6.10 Å². The summed E-state index contributed by atoms with van der Waals surface area (Å²) in [4.78, 5) is 37.0. The largest absolute Gasteiger partial charge is 0.544 e. The van der Waals surface area contributed by atoms with E-state index >= 15 is 0 Å². The van der Waals surface area contributed by atoms with Crippen LogP contribution in [0.25, 0.3) is 0 Å². The van der Waals surface area contributed by atoms with Crippen LogP contribution in [0.15, 0.2) is 0 Å². The molecule has 0 amide bonds. The van der Waals surface area contributed by atoms with Gasteiger partial charge in [0.05, 0.1) is 40.3 Å². The van der Waals surface area contributed by atoms with E-state index in [4.69, 9.17) is 14.2 Å². The number of aliphatic carboxylic acids is 1. The van der Waals surface area contributed by atoms with Crippen LogP contribution in [-0.4, -0.2) is 75.5 Å². The van der Waals surface area contributed by atoms with E-state index in [1.54, 1.807) is 0 Å². The first-order valence-corrected chi connectivity index (χ1v) is 26.6. The molecular formula is C53H103NO7. The summed E-state index contributed by atoms with van der Waals surface area (Å²) in [6, 6.07) is -0.720. The Balaban J connectivity index is 4.17. The van der Waals surface area contributed by atoms with E-state index in [9.17, 15) is 19.5 Å². The molecule has 0 radical (unpaired) electrons. The third-order valence-electron chi connectivity index (χ3n) is 12.5. The number of carboxylic acid groups (broad SMARTS) is 1. The van der Waals surface area contributed by atoms with Gasteiger partial charge in [-0.3, -0.25) is 9.59 Å². The molecule has 362 valence electrons. The second kappa shape index (κ2) is 44.9. The van der Waals surface area contributed by atoms with Crippen LogP contribution < -0.4 is 5.11 Å². The van der Waals surface area contributed by atoms with Crippen molar-refractivity contribution in [1.29, 1.82) is 0 Å². The predicted octanol–water partition coefficient (Wildman–Crippen LogP) is 13.9. The van der Waals surface area contributed by atoms with E-state index < -0.39 is 18.1 Å². The Bertz CT molecular complexity index is 967. The van der Waals surface area contributed by atoms with Gasteiger partial charge in [-0.2, -0.15) is 0 Å². The molecule has 0 saturated heterocycles. The average Bonchev–Trinajstić information content (AvgIpc) is 3.22. The fraction of sp³-hybridized carbons (Fsp3) is 0.943. The smallest absolute Gasteiger partial charge is 0.306 e. The molecule has 2 atom stereocenters. The molecule has 61 heavy (non-hydrogen) atoms. The topological polar surface area (TPSA) is 102 Å². The highest BCUT2D eigenvalue weighted by Crippen LogP contribution is 2.17. The molecule has 0 fully saturated rings. The summed E-state index contributed by atoms with van der Waals surface area (Å²) in [6.45, 7) is 4.73. The number of carbonyl (C=O) groups is 3. The van der Waals surface area contributed by atoms with Crippen LogP contribution >= 0.6 is 0 Å². The summed E-state index contributed by atoms with van der Waals surface area (Å²) < 4.78 is 17.3. The SMILES string of the molecule is CCCCCCCCCCCCCCCCCCCCCC(=O)OC(COCCC(C(=O)[O-])[N+](C)(C)C)COC(=O)CCCCCCCCCCCCCCCCCCCC. The van der Waals surface area contributed by atoms with Crippen LogP contribution in [0.5, 0.6) is 0 Å². The van der Waals surface area contributed by atoms with Gasteiger partial charge in [0.25, 0.3) is 0 Å². The Hall–Kier alpha value is -1.67. The molecule has 2 unspecified atom stereocenters. The van der Waals surface area contributed by atoms with Crippen LogP contribution in [0.3, 0.4) is 0 Å². The molecular weight excluding hydrogens is 763 g/mol. The van der Waals surface area contributed by atoms with Crippen LogP contribution in [0.1, 0.15) is 271 Å². The molecule has 0 spiro atoms. The van der Waals surface area contributed by atoms with Crippen molar-refractivity contribution < 1.29 is 38.2 Å². The highest BCUT2D eigenvalue weighted by Gasteiger charge is 2.25. The zero-order chi connectivity index (χ0) is 44.9. The van der Waals surface area contributed by atoms with Crippen LogP contribution in [0.2, 0.25) is 0 Å². The number of rotatable bonds is 49. The number of quaternary nitrogens is 1. The average molecular weight is 866 g/mol. The minimum absolute atomic E-state index is 0.0499. The predicted molar refractivity (Wildman–Crippen MR) is 255 cm³/mol. The Morgan fingerprint density at radius 2 is 0.721 bits per heavy atom. The summed E-state index contributed by atoms with van der Waals surface area (Å²) in [5, 5.41) is 11.7. The van der Waals surface area contributed by atoms with Gasteiger partial charge in [-0.05, 0) is 12.8 Å². The number of unbranched alkanes of at least 4 members (excludes halogenated alkanes) is 35. The minimum Gasteiger partial charge on any atom is -0.544 e. The third kappa shape index (κ3) is 43.4. The lowest BCUT2D eigenvalue weighted by Gasteiger charge is -2.34. The highest BCUT2D eigenvalue weighted by molar-refractivity contribution is 5.70. The van der Waals surface area contributed by atoms with Crippen LogP contribution in [0.4, 0.5) is 0 Å². The fourth-order valence-corrected chi connectivity index (χ4v) is 8.37. The van der Waals surface area contributed by atoms with Crippen molar-refractivity contribution in [1.82, 2.24) is 0 Å². The number of esters is 2. The van der Waals surface area contributed by atoms with Crippen LogP contribution in [0, 0.1) is 0 Å². The summed E-state index contributed by atoms with van der Waals surface area (Å²) >= 11 is 0. The molecule has 0 aliphatic rings. The zero-order valence-corrected chi connectivity index (χ0v) is 41.4. The Morgan fingerprint density at radius 1 is 0.426 bits per heavy atom. The summed E-state index contributed by atoms with van der Waals surface area (Å²) in [7, 11) is 5.43. The van der Waals surface area contributed by atoms with Gasteiger partial charge >= 0.3 is 11.9 Å². The molecule has 0 saturated carbocycles. The highest BCUT2D eigenvalue weighted by atomic mass is 16.6. The quantitative estimate of drug-likeness (QED) is 0.0341. The first-order valence-electron chi connectivity index (χ1n) is 26.6. The number of carbonyl (C=O) groups excluding carboxylic acids is 3. The van der Waals surface area contributed by atoms with Crippen molar-refractivity contribution in [2.75, 3.05) is 41.0 Å². The number of hydrogen-bond acceptors (Lipinski definition) is 7. The van der Waals surface area contributed by atoms with E-state index in [1.165, 1.54) is 199 Å². The van der Waals surface area contributed by atoms with Gasteiger partial charge in [0, 0.05) is 19.3 Å². The summed E-state index contributed by atoms with van der Waals surface area (Å²) in [5.74, 6) is -1.70. The molecule has 8 heteroatoms. The van der Waals surface area contributed by atoms with Gasteiger partial charge in [0.1, 0.15) is 12.6 Å². The van der Waals surface area contributed by atoms with E-state index in [-0.39, 0.29) is 42.7 Å². The van der Waals surface area contributed by atoms with Crippen molar-refractivity contribution in [3.63, 3.8) is 0 Å². The summed E-state index contributed by atoms with van der Waals surface area (Å²) in [6.07, 6.45) is 48.4. The number of likely N-dealkylation sites (N-methyl/N-ethyl adjacent to an activating group) is 1. The summed E-state index contributed by atoms with van der Waals surface area (Å²) in [5.41, 5.74) is 0. The van der Waals surface area contributed by atoms with E-state index in [0.717, 1.165) is 38.5 Å². The Labute approximate surface area is 378 Å². The maximum absolute atomic E-state index is 12.8. The standard InChI is InChI=1S/C53H103NO7/c1-6-8-10-12-14-16-18-20-22-24-26-28-30-32-34-36-38-40-42-44-52(56)61-49(47-59-46-45-50(53(57)58)54(3,4)5)48-60-51(55)43-41-39-37-35-33-31-29-27-25-23-21-19-17-15-13-11-9-7-2/h49-50H,6-48H2,1-5H3. The second-order valence-electron chi connectivity index (χ2n) is 19.5. The van der Waals surface area contributed by atoms with E-state index in [0.29, 0.717) is 12.8 Å². The molecule has 8 nitrogen and oxygen atoms in total. The third-order valence-corrected chi connectivity index (χ3v) is 12.5. The maximum Gasteiger partial charge on any atom is 0.306 e. The first kappa shape index (κ1) is 59.3. The van der Waals surface area contributed by atoms with Gasteiger partial charge in [-0.1, -0.05) is 239 Å². The molecule has 0 aliphatic heterocycles. The van der Waals surface area contributed by atoms with Crippen molar-refractivity contribution in [3.05, 3.63) is 0 Å². The number of nitrogens with zero attached hydrogens (tertiary/aromatic N) is 1. The van der Waals surface area contributed by atoms with Crippen molar-refractivity contribution >= 4 is 17.9 Å². The van der Waals surface area contributed by atoms with E-state index in [1.807, 2.05) is 21.1 Å². The molecule has 0 N–H and O–H groups in total. The van der Waals surface area contributed by atoms with Crippen molar-refractivity contribution in [2.45, 2.75) is 283 Å². The molecule has 0 aromatic carbocycles. The number of ether oxygens (including phenoxy) is 3. The maximum atomic E-state index is 12.8. The Morgan fingerprint density at radius 3 is 1.02 bits per heavy atom. The van der Waals surface area contributed by atoms with Crippen molar-refractivity contribution in [3.8, 4) is 0 Å². The lowest BCUT2D eigenvalue weighted by atomic mass is 10.0. The molecule has 0 aromatic heterocycles. The lowest BCUT2D eigenvalue weighted by Crippen LogP contribution is -2.55. The monoisotopic (exact) mass is 866 g/mol. The lowest BCUT2D eigenvalue weighted by molar-refractivity contribution is -0.889. The zero-order valence-electron chi connectivity index (χ0n) is 41.4. The molecule has 0 heterocycles. The molecule has 0 rings (SSSR count). The Kier molecular flexibility index (Phi) is 43.7. The van der Waals surface area contributed by atoms with Gasteiger partial charge in [-0.25, -0.2) is 0 Å². The first-order chi connectivity index (χ1) is 29.6. The van der Waals surface area contributed by atoms with Gasteiger partial charge in [0.2, 0.25) is 0 Å². The number of hydrogen-bond donors (Lipinski definition) is 0. The van der Waals surface area contributed by atoms with Crippen LogP contribution in [-0.2, 0) is 28.6 Å². The van der Waals surface area contributed by atoms with Crippen molar-refractivity contribution in [2.24, 2.45) is 0 Å². The normalized spacial score (nSPS) is 12.7. The second-order valence-corrected chi connectivity index (χ2v) is 19.5. The number of carboxylic acids is 1. The van der Waals surface area contributed by atoms with Gasteiger partial charge in [-0.15, -0.1) is 0 Å². The fourth-order valence-electron chi connectivity index (χ4n) is 8.37. The molecule has 0 aliphatic carbocycles.